The molecule has 2 rings (SSSR count). The Bertz CT molecular complexity index is 763. The summed E-state index contributed by atoms with van der Waals surface area (Å²) in [6, 6.07) is 6.83. The van der Waals surface area contributed by atoms with Crippen LogP contribution in [0.5, 0.6) is 0 Å². The summed E-state index contributed by atoms with van der Waals surface area (Å²) in [5.74, 6) is -2.18. The van der Waals surface area contributed by atoms with Gasteiger partial charge in [0, 0.05) is 13.1 Å². The van der Waals surface area contributed by atoms with Crippen LogP contribution in [0.2, 0.25) is 0 Å². The summed E-state index contributed by atoms with van der Waals surface area (Å²) in [6.07, 6.45) is 3.35. The van der Waals surface area contributed by atoms with Crippen LogP contribution in [0.4, 0.5) is 0 Å². The number of rotatable bonds is 7. The van der Waals surface area contributed by atoms with Crippen molar-refractivity contribution < 1.29 is 23.1 Å². The molecule has 1 aliphatic rings. The molecule has 0 aromatic heterocycles. The van der Waals surface area contributed by atoms with Crippen molar-refractivity contribution in [1.29, 1.82) is 0 Å². The minimum Gasteiger partial charge on any atom is -0.481 e. The lowest BCUT2D eigenvalue weighted by atomic mass is 9.97. The van der Waals surface area contributed by atoms with Crippen LogP contribution in [-0.4, -0.2) is 55.1 Å². The first-order valence-corrected chi connectivity index (χ1v) is 10.6. The van der Waals surface area contributed by atoms with Gasteiger partial charge in [-0.2, -0.15) is 4.31 Å². The highest BCUT2D eigenvalue weighted by Crippen LogP contribution is 2.20. The van der Waals surface area contributed by atoms with Crippen LogP contribution >= 0.6 is 0 Å². The average Bonchev–Trinajstić information content (AvgIpc) is 2.57. The summed E-state index contributed by atoms with van der Waals surface area (Å²) < 4.78 is 25.0. The Kier molecular flexibility index (Phi) is 6.77. The molecule has 0 saturated carbocycles. The van der Waals surface area contributed by atoms with Crippen molar-refractivity contribution in [2.24, 2.45) is 5.92 Å². The van der Waals surface area contributed by atoms with Gasteiger partial charge in [-0.15, -0.1) is 0 Å². The van der Waals surface area contributed by atoms with E-state index in [1.807, 2.05) is 31.2 Å². The SMILES string of the molecule is Cc1cccc(C[C@H](CNC(=O)[C@@H]2CCCCN2S(C)(=O)=O)C(=O)O)c1. The monoisotopic (exact) mass is 382 g/mol. The fourth-order valence-corrected chi connectivity index (χ4v) is 4.40. The second kappa shape index (κ2) is 8.64. The van der Waals surface area contributed by atoms with E-state index in [0.717, 1.165) is 30.2 Å². The minimum atomic E-state index is -3.47. The molecule has 0 unspecified atom stereocenters. The standard InChI is InChI=1S/C18H26N2O5S/c1-13-6-5-7-14(10-13)11-15(18(22)23)12-19-17(21)16-8-3-4-9-20(16)26(2,24)25/h5-7,10,15-16H,3-4,8-9,11-12H2,1-2H3,(H,19,21)(H,22,23)/t15-,16+/m1/s1. The molecular formula is C18H26N2O5S. The van der Waals surface area contributed by atoms with E-state index in [-0.39, 0.29) is 6.54 Å². The van der Waals surface area contributed by atoms with Crippen molar-refractivity contribution in [3.8, 4) is 0 Å². The Balaban J connectivity index is 2.01. The third-order valence-corrected chi connectivity index (χ3v) is 5.91. The van der Waals surface area contributed by atoms with Crippen LogP contribution in [-0.2, 0) is 26.0 Å². The average molecular weight is 382 g/mol. The van der Waals surface area contributed by atoms with E-state index in [4.69, 9.17) is 0 Å². The molecule has 2 N–H and O–H groups in total. The van der Waals surface area contributed by atoms with Gasteiger partial charge in [-0.3, -0.25) is 9.59 Å². The summed E-state index contributed by atoms with van der Waals surface area (Å²) in [6.45, 7) is 2.22. The molecule has 26 heavy (non-hydrogen) atoms. The summed E-state index contributed by atoms with van der Waals surface area (Å²) >= 11 is 0. The quantitative estimate of drug-likeness (QED) is 0.737. The zero-order valence-corrected chi connectivity index (χ0v) is 16.0. The van der Waals surface area contributed by atoms with Gasteiger partial charge in [0.25, 0.3) is 0 Å². The summed E-state index contributed by atoms with van der Waals surface area (Å²) in [4.78, 5) is 24.0. The maximum absolute atomic E-state index is 12.5. The molecule has 1 fully saturated rings. The molecule has 0 bridgehead atoms. The van der Waals surface area contributed by atoms with Gasteiger partial charge in [0.1, 0.15) is 6.04 Å². The van der Waals surface area contributed by atoms with Gasteiger partial charge in [-0.1, -0.05) is 36.2 Å². The first-order valence-electron chi connectivity index (χ1n) is 8.71. The van der Waals surface area contributed by atoms with Crippen LogP contribution in [0.1, 0.15) is 30.4 Å². The van der Waals surface area contributed by atoms with Gasteiger partial charge in [0.2, 0.25) is 15.9 Å². The van der Waals surface area contributed by atoms with Crippen LogP contribution in [0.15, 0.2) is 24.3 Å². The Morgan fingerprint density at radius 2 is 2.08 bits per heavy atom. The number of amides is 1. The van der Waals surface area contributed by atoms with Crippen molar-refractivity contribution >= 4 is 21.9 Å². The van der Waals surface area contributed by atoms with E-state index in [1.165, 1.54) is 4.31 Å². The van der Waals surface area contributed by atoms with Gasteiger partial charge in [0.15, 0.2) is 0 Å². The largest absolute Gasteiger partial charge is 0.481 e. The number of carbonyl (C=O) groups is 2. The molecule has 2 atom stereocenters. The zero-order chi connectivity index (χ0) is 19.3. The number of aliphatic carboxylic acids is 1. The molecule has 1 aromatic carbocycles. The second-order valence-electron chi connectivity index (χ2n) is 6.86. The molecule has 1 aromatic rings. The number of piperidine rings is 1. The molecule has 1 heterocycles. The predicted molar refractivity (Wildman–Crippen MR) is 98.2 cm³/mol. The highest BCUT2D eigenvalue weighted by atomic mass is 32.2. The maximum atomic E-state index is 12.5. The van der Waals surface area contributed by atoms with Crippen molar-refractivity contribution in [1.82, 2.24) is 9.62 Å². The number of aryl methyl sites for hydroxylation is 1. The summed E-state index contributed by atoms with van der Waals surface area (Å²) in [5.41, 5.74) is 1.93. The molecule has 0 spiro atoms. The number of hydrogen-bond donors (Lipinski definition) is 2. The molecule has 1 saturated heterocycles. The van der Waals surface area contributed by atoms with Crippen molar-refractivity contribution in [2.75, 3.05) is 19.3 Å². The Morgan fingerprint density at radius 1 is 1.35 bits per heavy atom. The molecule has 7 nitrogen and oxygen atoms in total. The lowest BCUT2D eigenvalue weighted by Gasteiger charge is -2.32. The van der Waals surface area contributed by atoms with Gasteiger partial charge in [-0.25, -0.2) is 8.42 Å². The number of carbonyl (C=O) groups excluding carboxylic acids is 1. The number of hydrogen-bond acceptors (Lipinski definition) is 4. The number of carboxylic acids is 1. The molecule has 1 aliphatic heterocycles. The van der Waals surface area contributed by atoms with Crippen LogP contribution < -0.4 is 5.32 Å². The molecule has 1 amide bonds. The third-order valence-electron chi connectivity index (χ3n) is 4.62. The predicted octanol–water partition coefficient (Wildman–Crippen LogP) is 1.17. The first-order chi connectivity index (χ1) is 12.2. The van der Waals surface area contributed by atoms with Crippen LogP contribution in [0, 0.1) is 12.8 Å². The van der Waals surface area contributed by atoms with Crippen LogP contribution in [0.3, 0.4) is 0 Å². The Morgan fingerprint density at radius 3 is 2.69 bits per heavy atom. The lowest BCUT2D eigenvalue weighted by Crippen LogP contribution is -2.52. The number of nitrogens with zero attached hydrogens (tertiary/aromatic N) is 1. The molecule has 0 aliphatic carbocycles. The number of nitrogens with one attached hydrogen (secondary N) is 1. The maximum Gasteiger partial charge on any atom is 0.308 e. The number of carboxylic acid groups (broad SMARTS) is 1. The first kappa shape index (κ1) is 20.4. The molecule has 8 heteroatoms. The lowest BCUT2D eigenvalue weighted by molar-refractivity contribution is -0.141. The molecule has 144 valence electrons. The zero-order valence-electron chi connectivity index (χ0n) is 15.1. The molecule has 0 radical (unpaired) electrons. The number of sulfonamides is 1. The number of benzene rings is 1. The Hall–Kier alpha value is -1.93. The van der Waals surface area contributed by atoms with Crippen molar-refractivity contribution in [3.63, 3.8) is 0 Å². The van der Waals surface area contributed by atoms with E-state index in [1.54, 1.807) is 0 Å². The van der Waals surface area contributed by atoms with Gasteiger partial charge in [-0.05, 0) is 31.7 Å². The smallest absolute Gasteiger partial charge is 0.308 e. The second-order valence-corrected chi connectivity index (χ2v) is 8.79. The van der Waals surface area contributed by atoms with Gasteiger partial charge < -0.3 is 10.4 Å². The van der Waals surface area contributed by atoms with E-state index in [0.29, 0.717) is 19.4 Å². The topological polar surface area (TPSA) is 104 Å². The third kappa shape index (κ3) is 5.54. The fourth-order valence-electron chi connectivity index (χ4n) is 3.28. The summed E-state index contributed by atoms with van der Waals surface area (Å²) in [7, 11) is -3.47. The minimum absolute atomic E-state index is 0.0315. The van der Waals surface area contributed by atoms with E-state index < -0.39 is 33.9 Å². The molecular weight excluding hydrogens is 356 g/mol. The Labute approximate surface area is 154 Å². The van der Waals surface area contributed by atoms with E-state index >= 15 is 0 Å². The van der Waals surface area contributed by atoms with Crippen molar-refractivity contribution in [3.05, 3.63) is 35.4 Å². The normalized spacial score (nSPS) is 19.7. The van der Waals surface area contributed by atoms with Crippen molar-refractivity contribution in [2.45, 2.75) is 38.6 Å². The van der Waals surface area contributed by atoms with E-state index in [9.17, 15) is 23.1 Å². The highest BCUT2D eigenvalue weighted by Gasteiger charge is 2.34. The van der Waals surface area contributed by atoms with E-state index in [2.05, 4.69) is 5.32 Å². The van der Waals surface area contributed by atoms with Gasteiger partial charge >= 0.3 is 5.97 Å². The van der Waals surface area contributed by atoms with Crippen LogP contribution in [0.25, 0.3) is 0 Å². The fraction of sp³-hybridized carbons (Fsp3) is 0.556. The van der Waals surface area contributed by atoms with Gasteiger partial charge in [0.05, 0.1) is 12.2 Å². The summed E-state index contributed by atoms with van der Waals surface area (Å²) in [5, 5.41) is 12.1. The highest BCUT2D eigenvalue weighted by molar-refractivity contribution is 7.88.